The number of rotatable bonds is 12. The highest BCUT2D eigenvalue weighted by atomic mass is 16.5. The van der Waals surface area contributed by atoms with Gasteiger partial charge in [0, 0.05) is 12.3 Å². The van der Waals surface area contributed by atoms with Crippen molar-refractivity contribution >= 4 is 5.97 Å². The van der Waals surface area contributed by atoms with E-state index in [0.29, 0.717) is 24.0 Å². The summed E-state index contributed by atoms with van der Waals surface area (Å²) in [5.41, 5.74) is 0. The van der Waals surface area contributed by atoms with Crippen LogP contribution in [-0.4, -0.2) is 36.5 Å². The first-order valence-electron chi connectivity index (χ1n) is 9.47. The smallest absolute Gasteiger partial charge is 0.303 e. The molecule has 4 nitrogen and oxygen atoms in total. The van der Waals surface area contributed by atoms with Crippen molar-refractivity contribution in [2.75, 3.05) is 13.2 Å². The Balaban J connectivity index is 1.68. The number of ether oxygens (including phenoxy) is 2. The summed E-state index contributed by atoms with van der Waals surface area (Å²) in [6.07, 6.45) is 16.8. The number of fused-ring (bicyclic) bond motifs is 2. The molecule has 2 fully saturated rings. The van der Waals surface area contributed by atoms with E-state index in [1.807, 2.05) is 0 Å². The zero-order chi connectivity index (χ0) is 17.2. The molecule has 2 rings (SSSR count). The molecule has 24 heavy (non-hydrogen) atoms. The second-order valence-corrected chi connectivity index (χ2v) is 6.85. The molecule has 136 valence electrons. The zero-order valence-electron chi connectivity index (χ0n) is 14.9. The predicted molar refractivity (Wildman–Crippen MR) is 95.0 cm³/mol. The summed E-state index contributed by atoms with van der Waals surface area (Å²) in [4.78, 5) is 10.5. The van der Waals surface area contributed by atoms with Gasteiger partial charge in [-0.1, -0.05) is 31.2 Å². The number of carbonyl (C=O) groups is 1. The first-order chi connectivity index (χ1) is 11.7. The van der Waals surface area contributed by atoms with Gasteiger partial charge in [0.2, 0.25) is 0 Å². The van der Waals surface area contributed by atoms with Crippen LogP contribution in [0.25, 0.3) is 0 Å². The Labute approximate surface area is 145 Å². The molecule has 1 N–H and O–H groups in total. The van der Waals surface area contributed by atoms with Crippen molar-refractivity contribution in [2.45, 2.75) is 70.5 Å². The maximum atomic E-state index is 10.5. The predicted octanol–water partition coefficient (Wildman–Crippen LogP) is 4.35. The Morgan fingerprint density at radius 2 is 1.88 bits per heavy atom. The Morgan fingerprint density at radius 3 is 2.62 bits per heavy atom. The normalized spacial score (nSPS) is 29.2. The molecule has 0 aromatic heterocycles. The maximum Gasteiger partial charge on any atom is 0.303 e. The van der Waals surface area contributed by atoms with Crippen LogP contribution in [0.1, 0.15) is 58.3 Å². The van der Waals surface area contributed by atoms with Gasteiger partial charge in [0.15, 0.2) is 0 Å². The molecule has 2 heterocycles. The number of carboxylic acid groups (broad SMARTS) is 1. The second-order valence-electron chi connectivity index (χ2n) is 6.85. The van der Waals surface area contributed by atoms with Crippen LogP contribution in [0.15, 0.2) is 24.3 Å². The van der Waals surface area contributed by atoms with Crippen molar-refractivity contribution in [3.63, 3.8) is 0 Å². The van der Waals surface area contributed by atoms with E-state index < -0.39 is 5.97 Å². The third-order valence-electron chi connectivity index (χ3n) is 5.07. The molecule has 2 aliphatic heterocycles. The van der Waals surface area contributed by atoms with Crippen LogP contribution in [0.2, 0.25) is 0 Å². The monoisotopic (exact) mass is 336 g/mol. The number of hydrogen-bond acceptors (Lipinski definition) is 3. The SMILES string of the molecule is CC/C=C\CCOC[C@H]1[C@@H](C/C=C\CCCC(=O)O)[C@H]2CC[C@@H]1O2. The lowest BCUT2D eigenvalue weighted by Gasteiger charge is -2.27. The summed E-state index contributed by atoms with van der Waals surface area (Å²) in [5.74, 6) is 0.365. The molecule has 0 spiro atoms. The molecule has 4 atom stereocenters. The zero-order valence-corrected chi connectivity index (χ0v) is 14.9. The molecule has 0 amide bonds. The minimum atomic E-state index is -0.712. The lowest BCUT2D eigenvalue weighted by Crippen LogP contribution is -2.30. The van der Waals surface area contributed by atoms with Crippen LogP contribution in [0.4, 0.5) is 0 Å². The lowest BCUT2D eigenvalue weighted by molar-refractivity contribution is -0.137. The lowest BCUT2D eigenvalue weighted by atomic mass is 9.78. The van der Waals surface area contributed by atoms with E-state index in [9.17, 15) is 4.79 Å². The largest absolute Gasteiger partial charge is 0.481 e. The molecule has 0 aliphatic carbocycles. The van der Waals surface area contributed by atoms with Crippen molar-refractivity contribution < 1.29 is 19.4 Å². The Hall–Kier alpha value is -1.13. The van der Waals surface area contributed by atoms with Crippen LogP contribution >= 0.6 is 0 Å². The summed E-state index contributed by atoms with van der Waals surface area (Å²) >= 11 is 0. The molecule has 0 radical (unpaired) electrons. The van der Waals surface area contributed by atoms with Crippen LogP contribution in [-0.2, 0) is 14.3 Å². The molecule has 4 heteroatoms. The minimum absolute atomic E-state index is 0.254. The average molecular weight is 336 g/mol. The van der Waals surface area contributed by atoms with E-state index in [4.69, 9.17) is 14.6 Å². The number of unbranched alkanes of at least 4 members (excludes halogenated alkanes) is 1. The van der Waals surface area contributed by atoms with E-state index in [0.717, 1.165) is 45.3 Å². The Morgan fingerprint density at radius 1 is 1.12 bits per heavy atom. The van der Waals surface area contributed by atoms with Crippen LogP contribution < -0.4 is 0 Å². The number of aliphatic carboxylic acids is 1. The maximum absolute atomic E-state index is 10.5. The summed E-state index contributed by atoms with van der Waals surface area (Å²) in [6, 6.07) is 0. The van der Waals surface area contributed by atoms with Gasteiger partial charge in [-0.05, 0) is 50.9 Å². The summed E-state index contributed by atoms with van der Waals surface area (Å²) in [6.45, 7) is 3.74. The molecule has 0 aromatic rings. The molecule has 2 bridgehead atoms. The van der Waals surface area contributed by atoms with Gasteiger partial charge in [0.25, 0.3) is 0 Å². The van der Waals surface area contributed by atoms with Crippen molar-refractivity contribution in [1.29, 1.82) is 0 Å². The van der Waals surface area contributed by atoms with Gasteiger partial charge in [-0.15, -0.1) is 0 Å². The van der Waals surface area contributed by atoms with Gasteiger partial charge < -0.3 is 14.6 Å². The average Bonchev–Trinajstić information content (AvgIpc) is 3.15. The molecule has 2 saturated heterocycles. The van der Waals surface area contributed by atoms with Gasteiger partial charge in [-0.25, -0.2) is 0 Å². The van der Waals surface area contributed by atoms with Crippen molar-refractivity contribution in [1.82, 2.24) is 0 Å². The summed E-state index contributed by atoms with van der Waals surface area (Å²) in [7, 11) is 0. The van der Waals surface area contributed by atoms with Crippen LogP contribution in [0, 0.1) is 11.8 Å². The third kappa shape index (κ3) is 6.06. The van der Waals surface area contributed by atoms with Gasteiger partial charge in [-0.2, -0.15) is 0 Å². The fraction of sp³-hybridized carbons (Fsp3) is 0.750. The highest BCUT2D eigenvalue weighted by molar-refractivity contribution is 5.66. The third-order valence-corrected chi connectivity index (χ3v) is 5.07. The molecule has 0 saturated carbocycles. The topological polar surface area (TPSA) is 55.8 Å². The standard InChI is InChI=1S/C20H32O4/c1-2-3-4-9-14-23-15-17-16(18-12-13-19(17)24-18)10-7-5-6-8-11-20(21)22/h3-5,7,16-19H,2,6,8-15H2,1H3,(H,21,22)/b4-3-,7-5-/t16-,17+,18-,19+/m1/s1. The van der Waals surface area contributed by atoms with Crippen molar-refractivity contribution in [3.8, 4) is 0 Å². The molecule has 0 aromatic carbocycles. The number of hydrogen-bond donors (Lipinski definition) is 1. The Bertz CT molecular complexity index is 429. The van der Waals surface area contributed by atoms with E-state index >= 15 is 0 Å². The minimum Gasteiger partial charge on any atom is -0.481 e. The highest BCUT2D eigenvalue weighted by Gasteiger charge is 2.48. The van der Waals surface area contributed by atoms with Gasteiger partial charge >= 0.3 is 5.97 Å². The summed E-state index contributed by atoms with van der Waals surface area (Å²) in [5, 5.41) is 8.64. The number of allylic oxidation sites excluding steroid dienone is 3. The molecule has 2 aliphatic rings. The molecular weight excluding hydrogens is 304 g/mol. The number of carboxylic acids is 1. The summed E-state index contributed by atoms with van der Waals surface area (Å²) < 4.78 is 12.0. The van der Waals surface area contributed by atoms with Crippen molar-refractivity contribution in [2.24, 2.45) is 11.8 Å². The van der Waals surface area contributed by atoms with E-state index in [1.165, 1.54) is 12.8 Å². The van der Waals surface area contributed by atoms with E-state index in [-0.39, 0.29) is 6.42 Å². The van der Waals surface area contributed by atoms with Gasteiger partial charge in [0.1, 0.15) is 0 Å². The molecular formula is C20H32O4. The van der Waals surface area contributed by atoms with E-state index in [2.05, 4.69) is 31.2 Å². The first kappa shape index (κ1) is 19.2. The first-order valence-corrected chi connectivity index (χ1v) is 9.47. The van der Waals surface area contributed by atoms with Crippen LogP contribution in [0.3, 0.4) is 0 Å². The quantitative estimate of drug-likeness (QED) is 0.425. The van der Waals surface area contributed by atoms with Crippen LogP contribution in [0.5, 0.6) is 0 Å². The molecule has 0 unspecified atom stereocenters. The van der Waals surface area contributed by atoms with Gasteiger partial charge in [-0.3, -0.25) is 4.79 Å². The second kappa shape index (κ2) is 10.7. The Kier molecular flexibility index (Phi) is 8.54. The van der Waals surface area contributed by atoms with Gasteiger partial charge in [0.05, 0.1) is 25.4 Å². The highest BCUT2D eigenvalue weighted by Crippen LogP contribution is 2.45. The fourth-order valence-electron chi connectivity index (χ4n) is 3.83. The van der Waals surface area contributed by atoms with E-state index in [1.54, 1.807) is 0 Å². The van der Waals surface area contributed by atoms with Crippen molar-refractivity contribution in [3.05, 3.63) is 24.3 Å². The fourth-order valence-corrected chi connectivity index (χ4v) is 3.83.